The molecule has 0 fully saturated rings. The predicted octanol–water partition coefficient (Wildman–Crippen LogP) is 1.43. The molecular formula is C15H17N7O2S2. The van der Waals surface area contributed by atoms with Crippen LogP contribution in [0.15, 0.2) is 39.8 Å². The highest BCUT2D eigenvalue weighted by Crippen LogP contribution is 2.31. The van der Waals surface area contributed by atoms with Gasteiger partial charge in [-0.05, 0) is 19.9 Å². The van der Waals surface area contributed by atoms with E-state index >= 15 is 0 Å². The third-order valence-electron chi connectivity index (χ3n) is 3.68. The maximum absolute atomic E-state index is 13.2. The van der Waals surface area contributed by atoms with E-state index in [0.29, 0.717) is 27.9 Å². The van der Waals surface area contributed by atoms with E-state index in [1.807, 2.05) is 6.07 Å². The first-order chi connectivity index (χ1) is 12.2. The van der Waals surface area contributed by atoms with Gasteiger partial charge in [0, 0.05) is 17.1 Å². The Balaban J connectivity index is 2.24. The van der Waals surface area contributed by atoms with E-state index in [2.05, 4.69) is 15.5 Å². The van der Waals surface area contributed by atoms with Crippen LogP contribution in [0.25, 0.3) is 10.9 Å². The van der Waals surface area contributed by atoms with E-state index < -0.39 is 10.0 Å². The molecule has 0 aliphatic rings. The number of hydrogen-bond donors (Lipinski definition) is 4. The first kappa shape index (κ1) is 17.9. The summed E-state index contributed by atoms with van der Waals surface area (Å²) in [6, 6.07) is 7.08. The molecule has 26 heavy (non-hydrogen) atoms. The van der Waals surface area contributed by atoms with E-state index in [0.717, 1.165) is 11.3 Å². The lowest BCUT2D eigenvalue weighted by molar-refractivity contribution is 0.590. The molecule has 3 rings (SSSR count). The van der Waals surface area contributed by atoms with Crippen LogP contribution in [-0.4, -0.2) is 29.0 Å². The summed E-state index contributed by atoms with van der Waals surface area (Å²) in [6.45, 7) is 3.31. The van der Waals surface area contributed by atoms with Crippen molar-refractivity contribution in [3.8, 4) is 0 Å². The van der Waals surface area contributed by atoms with Crippen LogP contribution in [0.2, 0.25) is 0 Å². The summed E-state index contributed by atoms with van der Waals surface area (Å²) in [6.07, 6.45) is 1.50. The van der Waals surface area contributed by atoms with Crippen molar-refractivity contribution in [3.05, 3.63) is 41.7 Å². The van der Waals surface area contributed by atoms with Crippen molar-refractivity contribution in [2.75, 3.05) is 5.73 Å². The lowest BCUT2D eigenvalue weighted by atomic mass is 10.1. The molecule has 3 aromatic rings. The zero-order chi connectivity index (χ0) is 19.1. The summed E-state index contributed by atoms with van der Waals surface area (Å²) < 4.78 is 27.6. The number of nitrogens with zero attached hydrogens (tertiary/aromatic N) is 3. The van der Waals surface area contributed by atoms with Crippen LogP contribution in [0.1, 0.15) is 18.2 Å². The number of guanidine groups is 1. The second-order valence-electron chi connectivity index (χ2n) is 5.51. The molecule has 11 heteroatoms. The van der Waals surface area contributed by atoms with Crippen molar-refractivity contribution in [3.63, 3.8) is 0 Å². The lowest BCUT2D eigenvalue weighted by Crippen LogP contribution is -2.26. The van der Waals surface area contributed by atoms with Gasteiger partial charge in [-0.3, -0.25) is 5.41 Å². The fourth-order valence-electron chi connectivity index (χ4n) is 2.57. The molecule has 0 spiro atoms. The van der Waals surface area contributed by atoms with Crippen LogP contribution in [0.3, 0.4) is 0 Å². The van der Waals surface area contributed by atoms with Crippen LogP contribution < -0.4 is 16.9 Å². The minimum atomic E-state index is -3.87. The number of hydrogen-bond acceptors (Lipinski definition) is 7. The van der Waals surface area contributed by atoms with Gasteiger partial charge in [0.15, 0.2) is 9.34 Å². The van der Waals surface area contributed by atoms with Crippen LogP contribution in [0, 0.1) is 12.3 Å². The highest BCUT2D eigenvalue weighted by Gasteiger charge is 2.26. The molecule has 0 aliphatic carbocycles. The minimum absolute atomic E-state index is 0.0961. The number of para-hydroxylation sites is 1. The quantitative estimate of drug-likeness (QED) is 0.300. The van der Waals surface area contributed by atoms with Gasteiger partial charge in [0.25, 0.3) is 10.0 Å². The summed E-state index contributed by atoms with van der Waals surface area (Å²) >= 11 is 0.927. The van der Waals surface area contributed by atoms with Crippen LogP contribution >= 0.6 is 11.3 Å². The lowest BCUT2D eigenvalue weighted by Gasteiger charge is -2.05. The van der Waals surface area contributed by atoms with E-state index in [9.17, 15) is 8.42 Å². The largest absolute Gasteiger partial charge is 0.375 e. The van der Waals surface area contributed by atoms with Crippen LogP contribution in [0.5, 0.6) is 0 Å². The van der Waals surface area contributed by atoms with Gasteiger partial charge in [-0.25, -0.2) is 14.4 Å². The zero-order valence-corrected chi connectivity index (χ0v) is 15.6. The third kappa shape index (κ3) is 3.02. The summed E-state index contributed by atoms with van der Waals surface area (Å²) in [5.74, 6) is -0.309. The van der Waals surface area contributed by atoms with Gasteiger partial charge in [-0.2, -0.15) is 13.5 Å². The van der Waals surface area contributed by atoms with Gasteiger partial charge in [-0.15, -0.1) is 0 Å². The third-order valence-corrected chi connectivity index (χ3v) is 6.92. The Bertz CT molecular complexity index is 1140. The molecule has 1 aromatic carbocycles. The average molecular weight is 391 g/mol. The van der Waals surface area contributed by atoms with E-state index in [-0.39, 0.29) is 15.3 Å². The monoisotopic (exact) mass is 391 g/mol. The summed E-state index contributed by atoms with van der Waals surface area (Å²) in [5, 5.41) is 12.1. The molecule has 2 aromatic heterocycles. The molecule has 0 saturated heterocycles. The number of benzene rings is 1. The summed E-state index contributed by atoms with van der Waals surface area (Å²) in [5.41, 5.74) is 15.2. The molecule has 0 unspecified atom stereocenters. The SMILES string of the molecule is CC(=NNC(=N)N)c1cn(S(=O)(=O)c2sc(N)nc2C)c2ccccc12. The van der Waals surface area contributed by atoms with Crippen molar-refractivity contribution in [2.24, 2.45) is 10.8 Å². The number of nitrogen functional groups attached to an aromatic ring is 1. The molecule has 0 aliphatic heterocycles. The normalized spacial score (nSPS) is 12.5. The highest BCUT2D eigenvalue weighted by atomic mass is 32.2. The number of fused-ring (bicyclic) bond motifs is 1. The molecular weight excluding hydrogens is 374 g/mol. The molecule has 0 amide bonds. The molecule has 0 bridgehead atoms. The minimum Gasteiger partial charge on any atom is -0.375 e. The van der Waals surface area contributed by atoms with Crippen LogP contribution in [0.4, 0.5) is 5.13 Å². The van der Waals surface area contributed by atoms with E-state index in [4.69, 9.17) is 16.9 Å². The van der Waals surface area contributed by atoms with Gasteiger partial charge in [0.2, 0.25) is 5.96 Å². The molecule has 2 heterocycles. The molecule has 6 N–H and O–H groups in total. The molecule has 136 valence electrons. The Kier molecular flexibility index (Phi) is 4.42. The number of rotatable bonds is 4. The van der Waals surface area contributed by atoms with Gasteiger partial charge in [0.1, 0.15) is 0 Å². The molecule has 0 saturated carbocycles. The smallest absolute Gasteiger partial charge is 0.279 e. The maximum atomic E-state index is 13.2. The van der Waals surface area contributed by atoms with Crippen molar-refractivity contribution in [1.82, 2.24) is 14.4 Å². The molecule has 9 nitrogen and oxygen atoms in total. The number of thiazole rings is 1. The number of hydrazone groups is 1. The highest BCUT2D eigenvalue weighted by molar-refractivity contribution is 7.92. The van der Waals surface area contributed by atoms with Gasteiger partial charge in [0.05, 0.1) is 16.9 Å². The maximum Gasteiger partial charge on any atom is 0.279 e. The molecule has 0 atom stereocenters. The van der Waals surface area contributed by atoms with Gasteiger partial charge < -0.3 is 11.5 Å². The Morgan fingerprint density at radius 2 is 2.08 bits per heavy atom. The second-order valence-corrected chi connectivity index (χ2v) is 8.55. The summed E-state index contributed by atoms with van der Waals surface area (Å²) in [7, 11) is -3.87. The second kappa shape index (κ2) is 6.42. The Morgan fingerprint density at radius 3 is 2.69 bits per heavy atom. The average Bonchev–Trinajstić information content (AvgIpc) is 3.13. The van der Waals surface area contributed by atoms with Crippen molar-refractivity contribution < 1.29 is 8.42 Å². The van der Waals surface area contributed by atoms with Crippen molar-refractivity contribution in [2.45, 2.75) is 18.1 Å². The van der Waals surface area contributed by atoms with E-state index in [1.165, 1.54) is 10.2 Å². The topological polar surface area (TPSA) is 152 Å². The standard InChI is InChI=1S/C15H17N7O2S2/c1-8(20-21-14(16)17)11-7-22(12-6-4-3-5-10(11)12)26(23,24)13-9(2)19-15(18)25-13/h3-7H,1-2H3,(H2,18,19)(H4,16,17,21). The van der Waals surface area contributed by atoms with Crippen molar-refractivity contribution >= 4 is 49.1 Å². The number of aryl methyl sites for hydroxylation is 1. The number of nitrogens with two attached hydrogens (primary N) is 2. The number of anilines is 1. The summed E-state index contributed by atoms with van der Waals surface area (Å²) in [4.78, 5) is 4.01. The van der Waals surface area contributed by atoms with Gasteiger partial charge >= 0.3 is 0 Å². The fraction of sp³-hybridized carbons (Fsp3) is 0.133. The first-order valence-electron chi connectivity index (χ1n) is 7.45. The van der Waals surface area contributed by atoms with Gasteiger partial charge in [-0.1, -0.05) is 29.5 Å². The van der Waals surface area contributed by atoms with Crippen LogP contribution in [-0.2, 0) is 10.0 Å². The fourth-order valence-corrected chi connectivity index (χ4v) is 5.32. The predicted molar refractivity (Wildman–Crippen MR) is 103 cm³/mol. The first-order valence-corrected chi connectivity index (χ1v) is 9.70. The van der Waals surface area contributed by atoms with Crippen molar-refractivity contribution in [1.29, 1.82) is 5.41 Å². The number of nitrogens with one attached hydrogen (secondary N) is 2. The molecule has 0 radical (unpaired) electrons. The Labute approximate surface area is 153 Å². The van der Waals surface area contributed by atoms with E-state index in [1.54, 1.807) is 32.0 Å². The zero-order valence-electron chi connectivity index (χ0n) is 14.0. The Hall–Kier alpha value is -2.92. The Morgan fingerprint density at radius 1 is 1.38 bits per heavy atom. The number of aromatic nitrogens is 2.